The smallest absolute Gasteiger partial charge is 0.0714 e. The number of rotatable bonds is 7. The number of nitrogens with zero attached hydrogens (tertiary/aromatic N) is 2. The van der Waals surface area contributed by atoms with Gasteiger partial charge in [-0.1, -0.05) is 224 Å². The summed E-state index contributed by atoms with van der Waals surface area (Å²) in [6.07, 6.45) is 0. The van der Waals surface area contributed by atoms with E-state index in [-0.39, 0.29) is 0 Å². The summed E-state index contributed by atoms with van der Waals surface area (Å²) < 4.78 is 2.57. The van der Waals surface area contributed by atoms with Crippen molar-refractivity contribution in [1.29, 1.82) is 0 Å². The predicted molar refractivity (Wildman–Crippen MR) is 312 cm³/mol. The van der Waals surface area contributed by atoms with Gasteiger partial charge in [-0.2, -0.15) is 0 Å². The minimum atomic E-state index is -0.569. The molecule has 350 valence electrons. The molecule has 0 amide bonds. The average molecular weight is 953 g/mol. The van der Waals surface area contributed by atoms with E-state index in [1.54, 1.807) is 0 Å². The Kier molecular flexibility index (Phi) is 8.83. The Morgan fingerprint density at radius 2 is 1.00 bits per heavy atom. The van der Waals surface area contributed by atoms with Gasteiger partial charge in [0.2, 0.25) is 0 Å². The number of benzene rings is 12. The molecule has 1 aromatic heterocycles. The highest BCUT2D eigenvalue weighted by atomic mass is 15.1. The van der Waals surface area contributed by atoms with Gasteiger partial charge in [-0.25, -0.2) is 0 Å². The number of aromatic nitrogens is 1. The van der Waals surface area contributed by atoms with E-state index in [4.69, 9.17) is 0 Å². The summed E-state index contributed by atoms with van der Waals surface area (Å²) in [6.45, 7) is 2.49. The van der Waals surface area contributed by atoms with Gasteiger partial charge in [0.1, 0.15) is 0 Å². The molecule has 13 aromatic rings. The zero-order valence-corrected chi connectivity index (χ0v) is 41.4. The highest BCUT2D eigenvalue weighted by Crippen LogP contribution is 2.63. The maximum atomic E-state index is 2.59. The highest BCUT2D eigenvalue weighted by molar-refractivity contribution is 6.19. The predicted octanol–water partition coefficient (Wildman–Crippen LogP) is 18.8. The van der Waals surface area contributed by atoms with Gasteiger partial charge >= 0.3 is 0 Å². The van der Waals surface area contributed by atoms with Crippen LogP contribution in [0.4, 0.5) is 17.1 Å². The lowest BCUT2D eigenvalue weighted by molar-refractivity contribution is 0.715. The van der Waals surface area contributed by atoms with E-state index in [9.17, 15) is 0 Å². The molecule has 0 saturated heterocycles. The molecular weight excluding hydrogens is 905 g/mol. The van der Waals surface area contributed by atoms with E-state index in [1.165, 1.54) is 122 Å². The Labute approximate surface area is 436 Å². The van der Waals surface area contributed by atoms with Crippen LogP contribution in [-0.4, -0.2) is 4.57 Å². The topological polar surface area (TPSA) is 8.17 Å². The van der Waals surface area contributed by atoms with Crippen molar-refractivity contribution in [1.82, 2.24) is 4.57 Å². The molecular formula is C73H48N2. The van der Waals surface area contributed by atoms with Crippen LogP contribution in [0.5, 0.6) is 0 Å². The molecule has 2 aliphatic carbocycles. The average Bonchev–Trinajstić information content (AvgIpc) is 4.10. The largest absolute Gasteiger partial charge is 0.310 e. The summed E-state index contributed by atoms with van der Waals surface area (Å²) in [7, 11) is 0. The molecule has 0 saturated carbocycles. The Bertz CT molecular complexity index is 4450. The van der Waals surface area contributed by atoms with Crippen LogP contribution in [0.3, 0.4) is 0 Å². The molecule has 0 N–H and O–H groups in total. The van der Waals surface area contributed by atoms with Crippen LogP contribution in [0.1, 0.15) is 45.9 Å². The fraction of sp³-hybridized carbons (Fsp3) is 0.0411. The third-order valence-electron chi connectivity index (χ3n) is 17.2. The number of hydrogen-bond donors (Lipinski definition) is 0. The van der Waals surface area contributed by atoms with Crippen molar-refractivity contribution in [2.45, 2.75) is 17.8 Å². The van der Waals surface area contributed by atoms with Gasteiger partial charge in [0.25, 0.3) is 0 Å². The van der Waals surface area contributed by atoms with E-state index >= 15 is 0 Å². The molecule has 0 fully saturated rings. The first-order chi connectivity index (χ1) is 37.1. The normalized spacial score (nSPS) is 15.2. The number of anilines is 3. The molecule has 16 rings (SSSR count). The molecule has 12 aromatic carbocycles. The first-order valence-corrected chi connectivity index (χ1v) is 26.3. The van der Waals surface area contributed by atoms with Gasteiger partial charge in [0.05, 0.1) is 27.8 Å². The van der Waals surface area contributed by atoms with E-state index in [0.29, 0.717) is 0 Å². The molecule has 2 nitrogen and oxygen atoms in total. The standard InChI is InChI=1S/C73H48N2/c1-72(53-40-39-48-23-11-12-24-49(48)43-53)62-42-41-58-56-31-14-17-36-65(56)75-66-37-18-15-32-57(66)60-45-55(46-64(72)69(60)70(62)71(58)75)74(54-30-19-25-50(44-54)47-21-5-2-6-22-47)67-38-20-35-63-68(67)59-33-13-16-34-61(59)73(63,51-26-7-3-8-27-51)52-28-9-4-10-29-52/h2-46H,1H3. The molecule has 75 heavy (non-hydrogen) atoms. The van der Waals surface area contributed by atoms with Crippen LogP contribution >= 0.6 is 0 Å². The molecule has 3 aliphatic rings. The van der Waals surface area contributed by atoms with Crippen LogP contribution in [0.15, 0.2) is 273 Å². The van der Waals surface area contributed by atoms with Crippen LogP contribution in [-0.2, 0) is 10.8 Å². The number of fused-ring (bicyclic) bond motifs is 10. The van der Waals surface area contributed by atoms with Gasteiger partial charge in [0.15, 0.2) is 0 Å². The maximum Gasteiger partial charge on any atom is 0.0714 e. The third-order valence-corrected chi connectivity index (χ3v) is 17.2. The zero-order valence-electron chi connectivity index (χ0n) is 41.4. The second-order valence-electron chi connectivity index (χ2n) is 20.8. The van der Waals surface area contributed by atoms with E-state index < -0.39 is 10.8 Å². The molecule has 0 bridgehead atoms. The van der Waals surface area contributed by atoms with Crippen molar-refractivity contribution < 1.29 is 0 Å². The Balaban J connectivity index is 1.05. The maximum absolute atomic E-state index is 2.59. The molecule has 0 spiro atoms. The third kappa shape index (κ3) is 5.69. The number of hydrogen-bond acceptors (Lipinski definition) is 1. The first kappa shape index (κ1) is 42.1. The van der Waals surface area contributed by atoms with Crippen LogP contribution < -0.4 is 4.90 Å². The SMILES string of the molecule is CC1(c2ccc3ccccc3c2)c2cc(N(c3cccc(-c4ccccc4)c3)c3cccc4c3-c3ccccc3C4(c3ccccc3)c3ccccc3)cc3c2-c2c1ccc1c4ccccc4n(c21)-c1ccccc1-3. The summed E-state index contributed by atoms with van der Waals surface area (Å²) >= 11 is 0. The summed E-state index contributed by atoms with van der Waals surface area (Å²) in [5.41, 5.74) is 24.9. The Hall–Kier alpha value is -9.50. The van der Waals surface area contributed by atoms with E-state index in [0.717, 1.165) is 17.1 Å². The molecule has 1 unspecified atom stereocenters. The molecule has 2 heteroatoms. The summed E-state index contributed by atoms with van der Waals surface area (Å²) in [6, 6.07) is 103. The van der Waals surface area contributed by atoms with Gasteiger partial charge in [-0.3, -0.25) is 0 Å². The van der Waals surface area contributed by atoms with Gasteiger partial charge in [-0.15, -0.1) is 0 Å². The highest BCUT2D eigenvalue weighted by Gasteiger charge is 2.49. The first-order valence-electron chi connectivity index (χ1n) is 26.3. The summed E-state index contributed by atoms with van der Waals surface area (Å²) in [5, 5.41) is 5.04. The van der Waals surface area contributed by atoms with E-state index in [2.05, 4.69) is 289 Å². The lowest BCUT2D eigenvalue weighted by Crippen LogP contribution is -2.28. The molecule has 1 aliphatic heterocycles. The number of para-hydroxylation sites is 2. The Morgan fingerprint density at radius 3 is 1.81 bits per heavy atom. The van der Waals surface area contributed by atoms with Crippen LogP contribution in [0.25, 0.3) is 82.8 Å². The Morgan fingerprint density at radius 1 is 0.347 bits per heavy atom. The lowest BCUT2D eigenvalue weighted by atomic mass is 9.68. The second-order valence-corrected chi connectivity index (χ2v) is 20.8. The van der Waals surface area contributed by atoms with Gasteiger partial charge in [-0.05, 0) is 133 Å². The van der Waals surface area contributed by atoms with Crippen molar-refractivity contribution >= 4 is 49.6 Å². The summed E-state index contributed by atoms with van der Waals surface area (Å²) in [4.78, 5) is 2.59. The van der Waals surface area contributed by atoms with Crippen LogP contribution in [0.2, 0.25) is 0 Å². The summed E-state index contributed by atoms with van der Waals surface area (Å²) in [5.74, 6) is 0. The van der Waals surface area contributed by atoms with E-state index in [1.807, 2.05) is 0 Å². The van der Waals surface area contributed by atoms with Crippen molar-refractivity contribution in [3.8, 4) is 50.2 Å². The quantitative estimate of drug-likeness (QED) is 0.155. The fourth-order valence-corrected chi connectivity index (χ4v) is 14.0. The van der Waals surface area contributed by atoms with Gasteiger partial charge in [0, 0.05) is 44.3 Å². The molecule has 0 radical (unpaired) electrons. The molecule has 2 heterocycles. The minimum absolute atomic E-state index is 0.528. The van der Waals surface area contributed by atoms with Crippen molar-refractivity contribution in [3.63, 3.8) is 0 Å². The van der Waals surface area contributed by atoms with Crippen molar-refractivity contribution in [3.05, 3.63) is 312 Å². The second kappa shape index (κ2) is 15.8. The fourth-order valence-electron chi connectivity index (χ4n) is 14.0. The zero-order chi connectivity index (χ0) is 49.4. The molecule has 1 atom stereocenters. The monoisotopic (exact) mass is 952 g/mol. The van der Waals surface area contributed by atoms with Crippen molar-refractivity contribution in [2.75, 3.05) is 4.90 Å². The van der Waals surface area contributed by atoms with Gasteiger partial charge < -0.3 is 9.47 Å². The van der Waals surface area contributed by atoms with Crippen molar-refractivity contribution in [2.24, 2.45) is 0 Å². The minimum Gasteiger partial charge on any atom is -0.310 e. The lowest BCUT2D eigenvalue weighted by Gasteiger charge is -2.35. The van der Waals surface area contributed by atoms with Crippen LogP contribution in [0, 0.1) is 0 Å².